The van der Waals surface area contributed by atoms with Crippen molar-refractivity contribution in [1.82, 2.24) is 5.43 Å². The number of nitrogens with one attached hydrogen (secondary N) is 1. The van der Waals surface area contributed by atoms with Gasteiger partial charge in [0.25, 0.3) is 0 Å². The summed E-state index contributed by atoms with van der Waals surface area (Å²) < 4.78 is 6.39. The van der Waals surface area contributed by atoms with Crippen molar-refractivity contribution >= 4 is 15.9 Å². The Hall–Kier alpha value is -0.580. The second kappa shape index (κ2) is 7.27. The molecule has 0 amide bonds. The van der Waals surface area contributed by atoms with E-state index in [1.54, 1.807) is 7.11 Å². The molecule has 2 rings (SSSR count). The first-order valence-electron chi connectivity index (χ1n) is 7.04. The molecular weight excluding hydrogens is 304 g/mol. The van der Waals surface area contributed by atoms with Crippen molar-refractivity contribution in [2.45, 2.75) is 44.6 Å². The van der Waals surface area contributed by atoms with Crippen LogP contribution in [0.2, 0.25) is 0 Å². The molecule has 0 saturated heterocycles. The maximum Gasteiger partial charge on any atom is 0.119 e. The number of hydrazine groups is 1. The number of rotatable bonds is 5. The Bertz CT molecular complexity index is 405. The van der Waals surface area contributed by atoms with Gasteiger partial charge in [-0.25, -0.2) is 0 Å². The average Bonchev–Trinajstić information content (AvgIpc) is 2.47. The van der Waals surface area contributed by atoms with Gasteiger partial charge in [0.05, 0.1) is 7.11 Å². The van der Waals surface area contributed by atoms with Crippen molar-refractivity contribution in [3.63, 3.8) is 0 Å². The highest BCUT2D eigenvalue weighted by Gasteiger charge is 2.21. The van der Waals surface area contributed by atoms with Gasteiger partial charge in [0.15, 0.2) is 0 Å². The summed E-state index contributed by atoms with van der Waals surface area (Å²) in [4.78, 5) is 0. The monoisotopic (exact) mass is 326 g/mol. The molecule has 1 aliphatic carbocycles. The van der Waals surface area contributed by atoms with Crippen LogP contribution in [0.5, 0.6) is 5.75 Å². The molecule has 19 heavy (non-hydrogen) atoms. The Kier molecular flexibility index (Phi) is 5.67. The standard InChI is InChI=1S/C15H23BrN2O/c1-19-12-7-8-14(16)13(10-12)15(18-17)9-11-5-3-2-4-6-11/h7-8,10-11,15,18H,2-6,9,17H2,1H3. The van der Waals surface area contributed by atoms with Gasteiger partial charge >= 0.3 is 0 Å². The van der Waals surface area contributed by atoms with Crippen molar-refractivity contribution in [2.75, 3.05) is 7.11 Å². The minimum absolute atomic E-state index is 0.188. The molecule has 3 N–H and O–H groups in total. The number of benzene rings is 1. The van der Waals surface area contributed by atoms with Crippen molar-refractivity contribution in [2.24, 2.45) is 11.8 Å². The number of methoxy groups -OCH3 is 1. The van der Waals surface area contributed by atoms with E-state index in [-0.39, 0.29) is 6.04 Å². The molecule has 1 unspecified atom stereocenters. The van der Waals surface area contributed by atoms with Crippen LogP contribution in [0.25, 0.3) is 0 Å². The predicted octanol–water partition coefficient (Wildman–Crippen LogP) is 3.93. The molecule has 1 atom stereocenters. The summed E-state index contributed by atoms with van der Waals surface area (Å²) in [7, 11) is 1.69. The van der Waals surface area contributed by atoms with E-state index in [0.29, 0.717) is 0 Å². The van der Waals surface area contributed by atoms with Crippen LogP contribution in [0.1, 0.15) is 50.1 Å². The third-order valence-electron chi connectivity index (χ3n) is 4.07. The highest BCUT2D eigenvalue weighted by atomic mass is 79.9. The first kappa shape index (κ1) is 14.8. The summed E-state index contributed by atoms with van der Waals surface area (Å²) in [6.07, 6.45) is 7.88. The summed E-state index contributed by atoms with van der Waals surface area (Å²) in [5.41, 5.74) is 4.16. The van der Waals surface area contributed by atoms with E-state index in [9.17, 15) is 0 Å². The summed E-state index contributed by atoms with van der Waals surface area (Å²) in [5.74, 6) is 7.43. The minimum Gasteiger partial charge on any atom is -0.497 e. The fourth-order valence-electron chi connectivity index (χ4n) is 2.96. The molecule has 0 radical (unpaired) electrons. The minimum atomic E-state index is 0.188. The van der Waals surface area contributed by atoms with Crippen LogP contribution in [-0.4, -0.2) is 7.11 Å². The molecule has 0 spiro atoms. The van der Waals surface area contributed by atoms with Crippen molar-refractivity contribution in [1.29, 1.82) is 0 Å². The van der Waals surface area contributed by atoms with E-state index < -0.39 is 0 Å². The van der Waals surface area contributed by atoms with E-state index in [4.69, 9.17) is 10.6 Å². The smallest absolute Gasteiger partial charge is 0.119 e. The molecule has 0 aromatic heterocycles. The summed E-state index contributed by atoms with van der Waals surface area (Å²) in [6.45, 7) is 0. The van der Waals surface area contributed by atoms with E-state index >= 15 is 0 Å². The van der Waals surface area contributed by atoms with E-state index in [1.165, 1.54) is 37.7 Å². The fourth-order valence-corrected chi connectivity index (χ4v) is 3.48. The van der Waals surface area contributed by atoms with Gasteiger partial charge in [0.1, 0.15) is 5.75 Å². The molecule has 1 fully saturated rings. The quantitative estimate of drug-likeness (QED) is 0.636. The highest BCUT2D eigenvalue weighted by Crippen LogP contribution is 2.35. The molecule has 0 bridgehead atoms. The second-order valence-corrected chi connectivity index (χ2v) is 6.20. The van der Waals surface area contributed by atoms with Crippen LogP contribution in [-0.2, 0) is 0 Å². The Balaban J connectivity index is 2.11. The highest BCUT2D eigenvalue weighted by molar-refractivity contribution is 9.10. The van der Waals surface area contributed by atoms with Gasteiger partial charge in [-0.05, 0) is 36.1 Å². The van der Waals surface area contributed by atoms with Crippen LogP contribution in [0.4, 0.5) is 0 Å². The van der Waals surface area contributed by atoms with Crippen LogP contribution >= 0.6 is 15.9 Å². The largest absolute Gasteiger partial charge is 0.497 e. The van der Waals surface area contributed by atoms with Gasteiger partial charge in [-0.2, -0.15) is 0 Å². The van der Waals surface area contributed by atoms with E-state index in [2.05, 4.69) is 27.4 Å². The molecule has 106 valence electrons. The molecule has 4 heteroatoms. The third-order valence-corrected chi connectivity index (χ3v) is 4.80. The van der Waals surface area contributed by atoms with E-state index in [1.807, 2.05) is 12.1 Å². The molecule has 0 heterocycles. The summed E-state index contributed by atoms with van der Waals surface area (Å²) >= 11 is 3.61. The van der Waals surface area contributed by atoms with Gasteiger partial charge in [0.2, 0.25) is 0 Å². The summed E-state index contributed by atoms with van der Waals surface area (Å²) in [5, 5.41) is 0. The molecule has 1 saturated carbocycles. The molecule has 3 nitrogen and oxygen atoms in total. The Morgan fingerprint density at radius 1 is 1.37 bits per heavy atom. The lowest BCUT2D eigenvalue weighted by atomic mass is 9.83. The lowest BCUT2D eigenvalue weighted by molar-refractivity contribution is 0.300. The van der Waals surface area contributed by atoms with E-state index in [0.717, 1.165) is 22.6 Å². The zero-order valence-electron chi connectivity index (χ0n) is 11.5. The van der Waals surface area contributed by atoms with Crippen LogP contribution in [0.3, 0.4) is 0 Å². The lowest BCUT2D eigenvalue weighted by Gasteiger charge is -2.27. The Morgan fingerprint density at radius 2 is 2.11 bits per heavy atom. The van der Waals surface area contributed by atoms with Crippen LogP contribution in [0.15, 0.2) is 22.7 Å². The number of ether oxygens (including phenoxy) is 1. The number of hydrogen-bond acceptors (Lipinski definition) is 3. The maximum absolute atomic E-state index is 5.77. The fraction of sp³-hybridized carbons (Fsp3) is 0.600. The van der Waals surface area contributed by atoms with Gasteiger partial charge in [-0.3, -0.25) is 11.3 Å². The zero-order valence-corrected chi connectivity index (χ0v) is 13.1. The molecule has 0 aliphatic heterocycles. The predicted molar refractivity (Wildman–Crippen MR) is 82.0 cm³/mol. The number of hydrogen-bond donors (Lipinski definition) is 2. The summed E-state index contributed by atoms with van der Waals surface area (Å²) in [6, 6.07) is 6.24. The van der Waals surface area contributed by atoms with Gasteiger partial charge in [0, 0.05) is 10.5 Å². The Labute approximate surface area is 124 Å². The van der Waals surface area contributed by atoms with Gasteiger partial charge < -0.3 is 4.74 Å². The normalized spacial score (nSPS) is 18.3. The maximum atomic E-state index is 5.77. The lowest BCUT2D eigenvalue weighted by Crippen LogP contribution is -2.30. The van der Waals surface area contributed by atoms with Crippen LogP contribution < -0.4 is 16.0 Å². The number of halogens is 1. The average molecular weight is 327 g/mol. The SMILES string of the molecule is COc1ccc(Br)c(C(CC2CCCCC2)NN)c1. The van der Waals surface area contributed by atoms with Gasteiger partial charge in [-0.15, -0.1) is 0 Å². The molecule has 1 aliphatic rings. The van der Waals surface area contributed by atoms with Crippen molar-refractivity contribution in [3.8, 4) is 5.75 Å². The second-order valence-electron chi connectivity index (χ2n) is 5.35. The topological polar surface area (TPSA) is 47.3 Å². The Morgan fingerprint density at radius 3 is 2.74 bits per heavy atom. The van der Waals surface area contributed by atoms with Crippen molar-refractivity contribution < 1.29 is 4.74 Å². The third kappa shape index (κ3) is 3.94. The number of nitrogens with two attached hydrogens (primary N) is 1. The van der Waals surface area contributed by atoms with Crippen molar-refractivity contribution in [3.05, 3.63) is 28.2 Å². The zero-order chi connectivity index (χ0) is 13.7. The van der Waals surface area contributed by atoms with Gasteiger partial charge in [-0.1, -0.05) is 48.0 Å². The van der Waals surface area contributed by atoms with Crippen LogP contribution in [0, 0.1) is 5.92 Å². The molecular formula is C15H23BrN2O. The molecule has 1 aromatic rings. The first-order chi connectivity index (χ1) is 9.24. The molecule has 1 aromatic carbocycles. The first-order valence-corrected chi connectivity index (χ1v) is 7.83.